The third kappa shape index (κ3) is 4.82. The highest BCUT2D eigenvalue weighted by molar-refractivity contribution is 7.99. The van der Waals surface area contributed by atoms with E-state index in [4.69, 9.17) is 9.47 Å². The Morgan fingerprint density at radius 2 is 1.80 bits per heavy atom. The summed E-state index contributed by atoms with van der Waals surface area (Å²) in [5.74, 6) is 3.62. The standard InChI is InChI=1S/C21H34O3S/c1-3-5-9-25-10-7-6-8-23-20-12-17-11-18(13-20)15-21(14-17,16-20)24-19(22)4-2/h4,17-18H,2-3,5-16H2,1H3. The van der Waals surface area contributed by atoms with Crippen LogP contribution in [0.3, 0.4) is 0 Å². The van der Waals surface area contributed by atoms with Gasteiger partial charge < -0.3 is 9.47 Å². The maximum absolute atomic E-state index is 11.8. The summed E-state index contributed by atoms with van der Waals surface area (Å²) in [6.45, 7) is 6.67. The van der Waals surface area contributed by atoms with E-state index in [2.05, 4.69) is 25.3 Å². The van der Waals surface area contributed by atoms with Gasteiger partial charge in [0.1, 0.15) is 5.60 Å². The van der Waals surface area contributed by atoms with Gasteiger partial charge in [0.05, 0.1) is 5.60 Å². The van der Waals surface area contributed by atoms with Crippen LogP contribution in [0.4, 0.5) is 0 Å². The molecule has 4 bridgehead atoms. The van der Waals surface area contributed by atoms with Crippen LogP contribution in [-0.4, -0.2) is 35.3 Å². The molecule has 0 heterocycles. The van der Waals surface area contributed by atoms with E-state index in [1.54, 1.807) is 0 Å². The first kappa shape index (κ1) is 19.3. The molecule has 2 unspecified atom stereocenters. The van der Waals surface area contributed by atoms with E-state index in [1.807, 2.05) is 0 Å². The van der Waals surface area contributed by atoms with Crippen LogP contribution in [0, 0.1) is 11.8 Å². The Labute approximate surface area is 157 Å². The second-order valence-corrected chi connectivity index (χ2v) is 9.70. The van der Waals surface area contributed by atoms with E-state index in [1.165, 1.54) is 56.1 Å². The Bertz CT molecular complexity index is 462. The van der Waals surface area contributed by atoms with E-state index >= 15 is 0 Å². The molecule has 4 rings (SSSR count). The largest absolute Gasteiger partial charge is 0.456 e. The highest BCUT2D eigenvalue weighted by Crippen LogP contribution is 2.60. The zero-order valence-electron chi connectivity index (χ0n) is 15.8. The lowest BCUT2D eigenvalue weighted by Crippen LogP contribution is -2.61. The lowest BCUT2D eigenvalue weighted by molar-refractivity contribution is -0.231. The molecule has 0 aromatic carbocycles. The maximum atomic E-state index is 11.8. The molecule has 0 N–H and O–H groups in total. The molecular weight excluding hydrogens is 332 g/mol. The monoisotopic (exact) mass is 366 g/mol. The zero-order valence-corrected chi connectivity index (χ0v) is 16.6. The fraction of sp³-hybridized carbons (Fsp3) is 0.857. The first-order valence-corrected chi connectivity index (χ1v) is 11.3. The molecule has 0 radical (unpaired) electrons. The summed E-state index contributed by atoms with van der Waals surface area (Å²) in [5.41, 5.74) is -0.299. The minimum Gasteiger partial charge on any atom is -0.456 e. The van der Waals surface area contributed by atoms with Gasteiger partial charge in [-0.25, -0.2) is 4.79 Å². The summed E-state index contributed by atoms with van der Waals surface area (Å²) < 4.78 is 12.4. The number of carbonyl (C=O) groups excluding carboxylic acids is 1. The SMILES string of the molecule is C=CC(=O)OC12CC3CC(CC(OCCCCSCCCC)(C3)C1)C2. The lowest BCUT2D eigenvalue weighted by Gasteiger charge is -2.60. The number of ether oxygens (including phenoxy) is 2. The summed E-state index contributed by atoms with van der Waals surface area (Å²) in [5, 5.41) is 0. The molecule has 0 aromatic rings. The van der Waals surface area contributed by atoms with E-state index in [9.17, 15) is 4.79 Å². The first-order chi connectivity index (χ1) is 12.1. The molecule has 0 amide bonds. The van der Waals surface area contributed by atoms with Gasteiger partial charge in [-0.05, 0) is 74.7 Å². The highest BCUT2D eigenvalue weighted by atomic mass is 32.2. The van der Waals surface area contributed by atoms with Crippen LogP contribution in [0.2, 0.25) is 0 Å². The maximum Gasteiger partial charge on any atom is 0.330 e. The van der Waals surface area contributed by atoms with Gasteiger partial charge in [-0.3, -0.25) is 0 Å². The van der Waals surface area contributed by atoms with Gasteiger partial charge in [0.15, 0.2) is 0 Å². The van der Waals surface area contributed by atoms with E-state index in [0.29, 0.717) is 11.8 Å². The molecule has 25 heavy (non-hydrogen) atoms. The van der Waals surface area contributed by atoms with Crippen LogP contribution in [0.25, 0.3) is 0 Å². The molecule has 142 valence electrons. The summed E-state index contributed by atoms with van der Waals surface area (Å²) >= 11 is 2.07. The Balaban J connectivity index is 1.46. The third-order valence-electron chi connectivity index (χ3n) is 6.17. The smallest absolute Gasteiger partial charge is 0.330 e. The van der Waals surface area contributed by atoms with Crippen LogP contribution in [0.15, 0.2) is 12.7 Å². The molecule has 2 atom stereocenters. The second kappa shape index (κ2) is 8.47. The van der Waals surface area contributed by atoms with Crippen molar-refractivity contribution in [3.8, 4) is 0 Å². The number of esters is 1. The van der Waals surface area contributed by atoms with Crippen molar-refractivity contribution in [3.63, 3.8) is 0 Å². The van der Waals surface area contributed by atoms with Crippen molar-refractivity contribution in [2.45, 2.75) is 82.3 Å². The molecule has 0 aromatic heterocycles. The van der Waals surface area contributed by atoms with Crippen LogP contribution in [-0.2, 0) is 14.3 Å². The summed E-state index contributed by atoms with van der Waals surface area (Å²) in [6, 6.07) is 0. The average Bonchev–Trinajstić information content (AvgIpc) is 2.55. The van der Waals surface area contributed by atoms with Gasteiger partial charge in [0, 0.05) is 19.1 Å². The number of rotatable bonds is 11. The topological polar surface area (TPSA) is 35.5 Å². The van der Waals surface area contributed by atoms with Gasteiger partial charge in [0.2, 0.25) is 0 Å². The van der Waals surface area contributed by atoms with Gasteiger partial charge in [-0.1, -0.05) is 19.9 Å². The van der Waals surface area contributed by atoms with Crippen molar-refractivity contribution < 1.29 is 14.3 Å². The first-order valence-electron chi connectivity index (χ1n) is 10.2. The molecular formula is C21H34O3S. The van der Waals surface area contributed by atoms with Crippen molar-refractivity contribution in [1.29, 1.82) is 0 Å². The van der Waals surface area contributed by atoms with Gasteiger partial charge in [-0.2, -0.15) is 11.8 Å². The van der Waals surface area contributed by atoms with Crippen LogP contribution in [0.1, 0.15) is 71.1 Å². The highest BCUT2D eigenvalue weighted by Gasteiger charge is 2.60. The molecule has 0 saturated heterocycles. The molecule has 0 spiro atoms. The molecule has 4 saturated carbocycles. The minimum absolute atomic E-state index is 0.0269. The Hall–Kier alpha value is -0.480. The molecule has 4 aliphatic rings. The van der Waals surface area contributed by atoms with Crippen LogP contribution < -0.4 is 0 Å². The van der Waals surface area contributed by atoms with Crippen molar-refractivity contribution in [2.24, 2.45) is 11.8 Å². The number of carbonyl (C=O) groups is 1. The van der Waals surface area contributed by atoms with E-state index in [-0.39, 0.29) is 17.2 Å². The van der Waals surface area contributed by atoms with Gasteiger partial charge in [-0.15, -0.1) is 0 Å². The normalized spacial score (nSPS) is 35.7. The van der Waals surface area contributed by atoms with E-state index < -0.39 is 0 Å². The van der Waals surface area contributed by atoms with Crippen LogP contribution in [0.5, 0.6) is 0 Å². The predicted molar refractivity (Wildman–Crippen MR) is 104 cm³/mol. The third-order valence-corrected chi connectivity index (χ3v) is 7.33. The van der Waals surface area contributed by atoms with E-state index in [0.717, 1.165) is 32.3 Å². The summed E-state index contributed by atoms with van der Waals surface area (Å²) in [4.78, 5) is 11.8. The lowest BCUT2D eigenvalue weighted by atomic mass is 9.52. The quantitative estimate of drug-likeness (QED) is 0.288. The zero-order chi connectivity index (χ0) is 17.8. The molecule has 0 aliphatic heterocycles. The average molecular weight is 367 g/mol. The number of hydrogen-bond donors (Lipinski definition) is 0. The molecule has 4 fully saturated rings. The predicted octanol–water partition coefficient (Wildman–Crippen LogP) is 5.14. The Morgan fingerprint density at radius 3 is 2.48 bits per heavy atom. The van der Waals surface area contributed by atoms with Gasteiger partial charge >= 0.3 is 5.97 Å². The number of hydrogen-bond acceptors (Lipinski definition) is 4. The Morgan fingerprint density at radius 1 is 1.12 bits per heavy atom. The van der Waals surface area contributed by atoms with Gasteiger partial charge in [0.25, 0.3) is 0 Å². The summed E-state index contributed by atoms with van der Waals surface area (Å²) in [7, 11) is 0. The van der Waals surface area contributed by atoms with Crippen LogP contribution >= 0.6 is 11.8 Å². The number of unbranched alkanes of at least 4 members (excludes halogenated alkanes) is 2. The fourth-order valence-corrected chi connectivity index (χ4v) is 6.69. The van der Waals surface area contributed by atoms with Crippen molar-refractivity contribution in [1.82, 2.24) is 0 Å². The fourth-order valence-electron chi connectivity index (χ4n) is 5.58. The minimum atomic E-state index is -0.272. The molecule has 4 aliphatic carbocycles. The Kier molecular flexibility index (Phi) is 6.54. The molecule has 3 nitrogen and oxygen atoms in total. The summed E-state index contributed by atoms with van der Waals surface area (Å²) in [6.07, 6.45) is 12.9. The van der Waals surface area contributed by atoms with Crippen molar-refractivity contribution in [3.05, 3.63) is 12.7 Å². The number of thioether (sulfide) groups is 1. The van der Waals surface area contributed by atoms with Crippen molar-refractivity contribution in [2.75, 3.05) is 18.1 Å². The molecule has 4 heteroatoms. The van der Waals surface area contributed by atoms with Crippen molar-refractivity contribution >= 4 is 17.7 Å². The second-order valence-electron chi connectivity index (χ2n) is 8.47.